The van der Waals surface area contributed by atoms with Gasteiger partial charge in [0.05, 0.1) is 0 Å². The first-order valence-corrected chi connectivity index (χ1v) is 9.90. The Kier molecular flexibility index (Phi) is 3.88. The van der Waals surface area contributed by atoms with Gasteiger partial charge in [-0.15, -0.1) is 0 Å². The summed E-state index contributed by atoms with van der Waals surface area (Å²) in [5.41, 5.74) is 1.37. The molecule has 7 atom stereocenters. The topological polar surface area (TPSA) is 54.4 Å². The molecule has 0 aromatic rings. The number of aliphatic hydroxyl groups is 1. The highest BCUT2D eigenvalue weighted by Gasteiger charge is 2.60. The van der Waals surface area contributed by atoms with E-state index in [0.29, 0.717) is 23.7 Å². The number of hydrogen-bond acceptors (Lipinski definition) is 3. The third kappa shape index (κ3) is 2.27. The van der Waals surface area contributed by atoms with Gasteiger partial charge in [-0.25, -0.2) is 0 Å². The zero-order chi connectivity index (χ0) is 18.0. The van der Waals surface area contributed by atoms with Crippen LogP contribution in [0.4, 0.5) is 0 Å². The van der Waals surface area contributed by atoms with E-state index in [4.69, 9.17) is 0 Å². The van der Waals surface area contributed by atoms with Gasteiger partial charge in [0.25, 0.3) is 0 Å². The first kappa shape index (κ1) is 17.2. The number of carbonyl (C=O) groups is 2. The number of rotatable bonds is 2. The van der Waals surface area contributed by atoms with E-state index >= 15 is 0 Å². The molecular formula is C22H30O3. The van der Waals surface area contributed by atoms with Crippen molar-refractivity contribution in [3.05, 3.63) is 23.8 Å². The molecule has 0 heterocycles. The molecule has 0 aromatic heterocycles. The van der Waals surface area contributed by atoms with E-state index in [1.54, 1.807) is 6.08 Å². The van der Waals surface area contributed by atoms with E-state index in [2.05, 4.69) is 26.8 Å². The highest BCUT2D eigenvalue weighted by molar-refractivity contribution is 6.01. The first-order valence-electron chi connectivity index (χ1n) is 9.90. The number of allylic oxidation sites excluding steroid dienone is 4. The van der Waals surface area contributed by atoms with Gasteiger partial charge in [0, 0.05) is 11.3 Å². The van der Waals surface area contributed by atoms with Gasteiger partial charge in [-0.1, -0.05) is 32.4 Å². The zero-order valence-electron chi connectivity index (χ0n) is 15.6. The minimum atomic E-state index is -0.313. The normalized spacial score (nSPS) is 48.4. The summed E-state index contributed by atoms with van der Waals surface area (Å²) >= 11 is 0. The monoisotopic (exact) mass is 342 g/mol. The largest absolute Gasteiger partial charge is 0.389 e. The lowest BCUT2D eigenvalue weighted by molar-refractivity contribution is -0.132. The van der Waals surface area contributed by atoms with Gasteiger partial charge < -0.3 is 5.11 Å². The molecule has 0 aliphatic heterocycles. The second-order valence-electron chi connectivity index (χ2n) is 9.43. The van der Waals surface area contributed by atoms with Crippen molar-refractivity contribution in [1.29, 1.82) is 0 Å². The summed E-state index contributed by atoms with van der Waals surface area (Å²) in [4.78, 5) is 24.2. The molecule has 0 amide bonds. The molecule has 3 nitrogen and oxygen atoms in total. The summed E-state index contributed by atoms with van der Waals surface area (Å²) in [5, 5.41) is 9.40. The average Bonchev–Trinajstić information content (AvgIpc) is 2.93. The quantitative estimate of drug-likeness (QED) is 0.832. The maximum absolute atomic E-state index is 12.3. The Hall–Kier alpha value is -1.22. The summed E-state index contributed by atoms with van der Waals surface area (Å²) < 4.78 is 0. The van der Waals surface area contributed by atoms with Gasteiger partial charge in [-0.05, 0) is 73.3 Å². The summed E-state index contributed by atoms with van der Waals surface area (Å²) in [6.07, 6.45) is 11.2. The Bertz CT molecular complexity index is 675. The molecule has 0 bridgehead atoms. The molecule has 3 heteroatoms. The van der Waals surface area contributed by atoms with Crippen LogP contribution in [0.3, 0.4) is 0 Å². The minimum absolute atomic E-state index is 0.00333. The summed E-state index contributed by atoms with van der Waals surface area (Å²) in [7, 11) is 0. The predicted octanol–water partition coefficient (Wildman–Crippen LogP) is 3.72. The lowest BCUT2D eigenvalue weighted by atomic mass is 9.46. The van der Waals surface area contributed by atoms with Crippen LogP contribution in [-0.4, -0.2) is 23.3 Å². The van der Waals surface area contributed by atoms with E-state index < -0.39 is 0 Å². The van der Waals surface area contributed by atoms with Crippen molar-refractivity contribution in [2.45, 2.75) is 52.9 Å². The van der Waals surface area contributed by atoms with Crippen molar-refractivity contribution in [2.75, 3.05) is 6.61 Å². The van der Waals surface area contributed by atoms with Crippen molar-refractivity contribution in [2.24, 2.45) is 40.4 Å². The van der Waals surface area contributed by atoms with Crippen LogP contribution in [0.2, 0.25) is 0 Å². The number of hydrogen-bond donors (Lipinski definition) is 1. The molecule has 0 aromatic carbocycles. The fraction of sp³-hybridized carbons (Fsp3) is 0.727. The molecule has 3 saturated carbocycles. The van der Waals surface area contributed by atoms with Gasteiger partial charge in [0.15, 0.2) is 11.6 Å². The molecule has 4 aliphatic carbocycles. The average molecular weight is 342 g/mol. The molecule has 0 saturated heterocycles. The molecule has 3 fully saturated rings. The van der Waals surface area contributed by atoms with Crippen molar-refractivity contribution < 1.29 is 14.7 Å². The highest BCUT2D eigenvalue weighted by atomic mass is 16.3. The third-order valence-corrected chi connectivity index (χ3v) is 8.42. The van der Waals surface area contributed by atoms with Crippen molar-refractivity contribution in [3.63, 3.8) is 0 Å². The van der Waals surface area contributed by atoms with E-state index in [1.807, 2.05) is 6.08 Å². The van der Waals surface area contributed by atoms with Crippen LogP contribution in [0.25, 0.3) is 0 Å². The molecule has 136 valence electrons. The Labute approximate surface area is 150 Å². The Morgan fingerprint density at radius 3 is 2.72 bits per heavy atom. The second-order valence-corrected chi connectivity index (χ2v) is 9.43. The fourth-order valence-electron chi connectivity index (χ4n) is 7.25. The highest BCUT2D eigenvalue weighted by Crippen LogP contribution is 2.66. The Morgan fingerprint density at radius 2 is 2.00 bits per heavy atom. The van der Waals surface area contributed by atoms with E-state index in [9.17, 15) is 14.7 Å². The maximum Gasteiger partial charge on any atom is 0.178 e. The molecular weight excluding hydrogens is 312 g/mol. The lowest BCUT2D eigenvalue weighted by Gasteiger charge is -2.58. The fourth-order valence-corrected chi connectivity index (χ4v) is 7.25. The van der Waals surface area contributed by atoms with Gasteiger partial charge in [0.1, 0.15) is 6.61 Å². The number of aliphatic hydroxyl groups excluding tert-OH is 1. The van der Waals surface area contributed by atoms with Gasteiger partial charge in [-0.2, -0.15) is 0 Å². The number of ketones is 2. The van der Waals surface area contributed by atoms with Crippen LogP contribution in [0, 0.1) is 40.4 Å². The zero-order valence-corrected chi connectivity index (χ0v) is 15.6. The van der Waals surface area contributed by atoms with Crippen LogP contribution < -0.4 is 0 Å². The smallest absolute Gasteiger partial charge is 0.178 e. The molecule has 1 N–H and O–H groups in total. The van der Waals surface area contributed by atoms with Crippen LogP contribution in [0.1, 0.15) is 52.9 Å². The van der Waals surface area contributed by atoms with E-state index in [1.165, 1.54) is 5.57 Å². The number of Topliss-reactive ketones (excluding diaryl/α,β-unsaturated/α-hetero) is 1. The molecule has 1 unspecified atom stereocenters. The molecule has 4 aliphatic rings. The number of carbonyl (C=O) groups excluding carboxylic acids is 2. The van der Waals surface area contributed by atoms with Gasteiger partial charge >= 0.3 is 0 Å². The van der Waals surface area contributed by atoms with Crippen molar-refractivity contribution in [3.8, 4) is 0 Å². The van der Waals surface area contributed by atoms with Crippen LogP contribution in [0.5, 0.6) is 0 Å². The first-order chi connectivity index (χ1) is 11.8. The van der Waals surface area contributed by atoms with Crippen LogP contribution >= 0.6 is 0 Å². The number of fused-ring (bicyclic) bond motifs is 5. The molecule has 25 heavy (non-hydrogen) atoms. The van der Waals surface area contributed by atoms with Crippen LogP contribution in [0.15, 0.2) is 23.8 Å². The molecule has 4 rings (SSSR count). The van der Waals surface area contributed by atoms with Gasteiger partial charge in [-0.3, -0.25) is 9.59 Å². The predicted molar refractivity (Wildman–Crippen MR) is 96.7 cm³/mol. The van der Waals surface area contributed by atoms with Gasteiger partial charge in [0.2, 0.25) is 0 Å². The SMILES string of the molecule is CC1C[C@H]2[C@@H]3CC[C@H](C(=O)CO)[C@@]3(C)CC[C@@H]2[C@@]2(C)C=CC(=O)C=C12. The third-order valence-electron chi connectivity index (χ3n) is 8.42. The maximum atomic E-state index is 12.3. The molecule has 0 radical (unpaired) electrons. The van der Waals surface area contributed by atoms with Crippen molar-refractivity contribution in [1.82, 2.24) is 0 Å². The standard InChI is InChI=1S/C22H30O3/c1-13-10-15-16-4-5-18(20(25)12-23)21(16,2)9-7-17(15)22(3)8-6-14(24)11-19(13)22/h6,8,11,13,15-18,23H,4-5,7,9-10,12H2,1-3H3/t13?,15-,16-,17-,18+,21-,22+/m0/s1. The van der Waals surface area contributed by atoms with E-state index in [0.717, 1.165) is 32.1 Å². The second kappa shape index (κ2) is 5.64. The minimum Gasteiger partial charge on any atom is -0.389 e. The van der Waals surface area contributed by atoms with Crippen molar-refractivity contribution >= 4 is 11.6 Å². The van der Waals surface area contributed by atoms with Crippen LogP contribution in [-0.2, 0) is 9.59 Å². The summed E-state index contributed by atoms with van der Waals surface area (Å²) in [6, 6.07) is 0. The summed E-state index contributed by atoms with van der Waals surface area (Å²) in [5.74, 6) is 2.39. The van der Waals surface area contributed by atoms with E-state index in [-0.39, 0.29) is 34.9 Å². The Morgan fingerprint density at radius 1 is 1.24 bits per heavy atom. The molecule has 0 spiro atoms. The lowest BCUT2D eigenvalue weighted by Crippen LogP contribution is -2.52. The Balaban J connectivity index is 1.70. The summed E-state index contributed by atoms with van der Waals surface area (Å²) in [6.45, 7) is 6.58.